The van der Waals surface area contributed by atoms with Crippen LogP contribution in [0, 0.1) is 6.92 Å². The van der Waals surface area contributed by atoms with Gasteiger partial charge in [-0.15, -0.1) is 10.2 Å². The third-order valence-electron chi connectivity index (χ3n) is 4.54. The van der Waals surface area contributed by atoms with Gasteiger partial charge in [-0.2, -0.15) is 0 Å². The largest absolute Gasteiger partial charge is 0.469 e. The van der Waals surface area contributed by atoms with Crippen LogP contribution in [0.3, 0.4) is 0 Å². The van der Waals surface area contributed by atoms with Crippen LogP contribution in [0.5, 0.6) is 0 Å². The summed E-state index contributed by atoms with van der Waals surface area (Å²) in [5, 5.41) is 11.5. The van der Waals surface area contributed by atoms with E-state index in [0.717, 1.165) is 16.7 Å². The van der Waals surface area contributed by atoms with Gasteiger partial charge in [0.15, 0.2) is 0 Å². The zero-order valence-electron chi connectivity index (χ0n) is 16.7. The number of rotatable bonds is 8. The van der Waals surface area contributed by atoms with Crippen molar-refractivity contribution in [1.82, 2.24) is 15.5 Å². The van der Waals surface area contributed by atoms with E-state index >= 15 is 0 Å². The molecule has 1 atom stereocenters. The minimum Gasteiger partial charge on any atom is -0.469 e. The molecule has 0 aliphatic carbocycles. The molecule has 1 amide bonds. The Labute approximate surface area is 179 Å². The van der Waals surface area contributed by atoms with Crippen molar-refractivity contribution >= 4 is 23.5 Å². The van der Waals surface area contributed by atoms with Crippen LogP contribution in [0.2, 0.25) is 5.02 Å². The Morgan fingerprint density at radius 3 is 2.47 bits per heavy atom. The lowest BCUT2D eigenvalue weighted by Gasteiger charge is -2.18. The SMILES string of the molecule is COC(=O)CC(NC(=O)CCc1nnc(-c2ccc(C)cc2)o1)c1ccc(Cl)cc1. The molecule has 0 aliphatic heterocycles. The van der Waals surface area contributed by atoms with E-state index in [9.17, 15) is 9.59 Å². The van der Waals surface area contributed by atoms with E-state index in [1.165, 1.54) is 7.11 Å². The highest BCUT2D eigenvalue weighted by atomic mass is 35.5. The maximum atomic E-state index is 12.5. The summed E-state index contributed by atoms with van der Waals surface area (Å²) in [4.78, 5) is 24.2. The van der Waals surface area contributed by atoms with Gasteiger partial charge in [-0.1, -0.05) is 41.4 Å². The molecule has 156 valence electrons. The standard InChI is InChI=1S/C22H22ClN3O4/c1-14-3-5-16(6-4-14)22-26-25-20(30-22)12-11-19(27)24-18(13-21(28)29-2)15-7-9-17(23)10-8-15/h3-10,18H,11-13H2,1-2H3,(H,24,27). The number of hydrogen-bond donors (Lipinski definition) is 1. The van der Waals surface area contributed by atoms with E-state index in [-0.39, 0.29) is 25.2 Å². The molecule has 0 saturated carbocycles. The van der Waals surface area contributed by atoms with Gasteiger partial charge in [0.1, 0.15) is 0 Å². The molecule has 8 heteroatoms. The van der Waals surface area contributed by atoms with E-state index in [1.807, 2.05) is 31.2 Å². The fourth-order valence-electron chi connectivity index (χ4n) is 2.85. The maximum absolute atomic E-state index is 12.5. The van der Waals surface area contributed by atoms with Crippen molar-refractivity contribution in [2.75, 3.05) is 7.11 Å². The van der Waals surface area contributed by atoms with Crippen molar-refractivity contribution in [2.45, 2.75) is 32.2 Å². The van der Waals surface area contributed by atoms with Crippen molar-refractivity contribution in [3.8, 4) is 11.5 Å². The normalized spacial score (nSPS) is 11.7. The first-order valence-corrected chi connectivity index (χ1v) is 9.83. The Hall–Kier alpha value is -3.19. The number of carbonyl (C=O) groups excluding carboxylic acids is 2. The average Bonchev–Trinajstić information content (AvgIpc) is 3.22. The van der Waals surface area contributed by atoms with Gasteiger partial charge < -0.3 is 14.5 Å². The summed E-state index contributed by atoms with van der Waals surface area (Å²) >= 11 is 5.92. The summed E-state index contributed by atoms with van der Waals surface area (Å²) in [5.41, 5.74) is 2.72. The van der Waals surface area contributed by atoms with Crippen molar-refractivity contribution in [1.29, 1.82) is 0 Å². The van der Waals surface area contributed by atoms with Crippen LogP contribution < -0.4 is 5.32 Å². The number of aromatic nitrogens is 2. The van der Waals surface area contributed by atoms with Crippen LogP contribution in [0.25, 0.3) is 11.5 Å². The molecule has 0 bridgehead atoms. The summed E-state index contributed by atoms with van der Waals surface area (Å²) < 4.78 is 10.4. The number of aryl methyl sites for hydroxylation is 2. The molecule has 1 aromatic heterocycles. The van der Waals surface area contributed by atoms with Gasteiger partial charge >= 0.3 is 5.97 Å². The quantitative estimate of drug-likeness (QED) is 0.545. The zero-order chi connectivity index (χ0) is 21.5. The van der Waals surface area contributed by atoms with Gasteiger partial charge in [-0.05, 0) is 36.8 Å². The van der Waals surface area contributed by atoms with Crippen LogP contribution in [0.4, 0.5) is 0 Å². The Balaban J connectivity index is 1.60. The number of amides is 1. The molecular weight excluding hydrogens is 406 g/mol. The Morgan fingerprint density at radius 2 is 1.80 bits per heavy atom. The predicted octanol–water partition coefficient (Wildman–Crippen LogP) is 4.05. The molecule has 0 aliphatic rings. The lowest BCUT2D eigenvalue weighted by atomic mass is 10.0. The van der Waals surface area contributed by atoms with Crippen molar-refractivity contribution in [3.63, 3.8) is 0 Å². The molecule has 0 saturated heterocycles. The number of esters is 1. The fraction of sp³-hybridized carbons (Fsp3) is 0.273. The molecule has 7 nitrogen and oxygen atoms in total. The zero-order valence-corrected chi connectivity index (χ0v) is 17.5. The summed E-state index contributed by atoms with van der Waals surface area (Å²) in [7, 11) is 1.31. The summed E-state index contributed by atoms with van der Waals surface area (Å²) in [6.07, 6.45) is 0.444. The Morgan fingerprint density at radius 1 is 1.10 bits per heavy atom. The number of nitrogens with one attached hydrogen (secondary N) is 1. The number of nitrogens with zero attached hydrogens (tertiary/aromatic N) is 2. The monoisotopic (exact) mass is 427 g/mol. The molecule has 0 radical (unpaired) electrons. The molecule has 2 aromatic carbocycles. The molecule has 3 aromatic rings. The van der Waals surface area contributed by atoms with Gasteiger partial charge in [0.25, 0.3) is 0 Å². The average molecular weight is 428 g/mol. The molecule has 3 rings (SSSR count). The van der Waals surface area contributed by atoms with E-state index in [2.05, 4.69) is 15.5 Å². The lowest BCUT2D eigenvalue weighted by molar-refractivity contribution is -0.141. The van der Waals surface area contributed by atoms with Crippen molar-refractivity contribution < 1.29 is 18.7 Å². The van der Waals surface area contributed by atoms with Gasteiger partial charge in [0, 0.05) is 23.4 Å². The van der Waals surface area contributed by atoms with Gasteiger partial charge in [-0.25, -0.2) is 0 Å². The molecule has 0 spiro atoms. The van der Waals surface area contributed by atoms with Crippen LogP contribution in [-0.4, -0.2) is 29.2 Å². The summed E-state index contributed by atoms with van der Waals surface area (Å²) in [6, 6.07) is 14.2. The lowest BCUT2D eigenvalue weighted by Crippen LogP contribution is -2.30. The maximum Gasteiger partial charge on any atom is 0.307 e. The number of methoxy groups -OCH3 is 1. The number of carbonyl (C=O) groups is 2. The number of halogens is 1. The fourth-order valence-corrected chi connectivity index (χ4v) is 2.98. The predicted molar refractivity (Wildman–Crippen MR) is 112 cm³/mol. The molecule has 1 heterocycles. The van der Waals surface area contributed by atoms with E-state index in [4.69, 9.17) is 20.8 Å². The smallest absolute Gasteiger partial charge is 0.307 e. The van der Waals surface area contributed by atoms with Crippen LogP contribution in [-0.2, 0) is 20.7 Å². The topological polar surface area (TPSA) is 94.3 Å². The highest BCUT2D eigenvalue weighted by Gasteiger charge is 2.19. The summed E-state index contributed by atoms with van der Waals surface area (Å²) in [5.74, 6) is 0.121. The van der Waals surface area contributed by atoms with Crippen molar-refractivity contribution in [2.24, 2.45) is 0 Å². The highest BCUT2D eigenvalue weighted by Crippen LogP contribution is 2.21. The van der Waals surface area contributed by atoms with Crippen molar-refractivity contribution in [3.05, 3.63) is 70.6 Å². The number of ether oxygens (including phenoxy) is 1. The van der Waals surface area contributed by atoms with Crippen LogP contribution in [0.15, 0.2) is 52.9 Å². The second kappa shape index (κ2) is 10.0. The minimum atomic E-state index is -0.520. The first kappa shape index (κ1) is 21.5. The first-order valence-electron chi connectivity index (χ1n) is 9.45. The minimum absolute atomic E-state index is 0.0159. The van der Waals surface area contributed by atoms with Gasteiger partial charge in [0.2, 0.25) is 17.7 Å². The molecular formula is C22H22ClN3O4. The van der Waals surface area contributed by atoms with E-state index in [1.54, 1.807) is 24.3 Å². The number of benzene rings is 2. The molecule has 0 fully saturated rings. The Kier molecular flexibility index (Phi) is 7.19. The van der Waals surface area contributed by atoms with Gasteiger partial charge in [-0.3, -0.25) is 9.59 Å². The second-order valence-electron chi connectivity index (χ2n) is 6.82. The van der Waals surface area contributed by atoms with Crippen LogP contribution >= 0.6 is 11.6 Å². The third kappa shape index (κ3) is 5.90. The van der Waals surface area contributed by atoms with E-state index < -0.39 is 12.0 Å². The first-order chi connectivity index (χ1) is 14.4. The molecule has 1 unspecified atom stereocenters. The van der Waals surface area contributed by atoms with Crippen LogP contribution in [0.1, 0.15) is 35.9 Å². The highest BCUT2D eigenvalue weighted by molar-refractivity contribution is 6.30. The number of hydrogen-bond acceptors (Lipinski definition) is 6. The molecule has 30 heavy (non-hydrogen) atoms. The summed E-state index contributed by atoms with van der Waals surface area (Å²) in [6.45, 7) is 2.00. The second-order valence-corrected chi connectivity index (χ2v) is 7.26. The van der Waals surface area contributed by atoms with Gasteiger partial charge in [0.05, 0.1) is 19.6 Å². The van der Waals surface area contributed by atoms with E-state index in [0.29, 0.717) is 16.8 Å². The third-order valence-corrected chi connectivity index (χ3v) is 4.79. The Bertz CT molecular complexity index is 1000. The molecule has 1 N–H and O–H groups in total.